The Morgan fingerprint density at radius 3 is 2.10 bits per heavy atom. The Hall–Kier alpha value is -2.37. The van der Waals surface area contributed by atoms with Crippen molar-refractivity contribution in [2.45, 2.75) is 57.1 Å². The van der Waals surface area contributed by atoms with E-state index in [-0.39, 0.29) is 0 Å². The normalized spacial score (nSPS) is 29.4. The molecule has 12 heteroatoms. The third-order valence-corrected chi connectivity index (χ3v) is 7.63. The number of methoxy groups -OCH3 is 2. The van der Waals surface area contributed by atoms with Crippen molar-refractivity contribution < 1.29 is 41.8 Å². The summed E-state index contributed by atoms with van der Waals surface area (Å²) in [5, 5.41) is 3.78. The number of hydrogen-bond donors (Lipinski definition) is 2. The maximum absolute atomic E-state index is 13.1. The van der Waals surface area contributed by atoms with Crippen molar-refractivity contribution in [2.75, 3.05) is 20.0 Å². The first-order chi connectivity index (χ1) is 14.1. The molecule has 0 unspecified atom stereocenters. The molecule has 2 amide bonds. The van der Waals surface area contributed by atoms with Gasteiger partial charge in [0, 0.05) is 5.92 Å². The van der Waals surface area contributed by atoms with E-state index in [1.165, 1.54) is 0 Å². The minimum Gasteiger partial charge on any atom is -0.469 e. The van der Waals surface area contributed by atoms with Crippen LogP contribution in [0.4, 0.5) is 4.79 Å². The SMILES string of the molecule is COC(=O)[C@@H]1[C@@H]2[C@H]1S(=O)(=O)C[C@@]2(NC(=O)[C@@H](NC(=O)OC(C)(C)C)C(C)C)C(=O)OC. The summed E-state index contributed by atoms with van der Waals surface area (Å²) in [6.07, 6.45) is -0.843. The fourth-order valence-electron chi connectivity index (χ4n) is 4.06. The molecule has 1 aliphatic heterocycles. The van der Waals surface area contributed by atoms with Crippen LogP contribution < -0.4 is 10.6 Å². The molecule has 0 aromatic rings. The lowest BCUT2D eigenvalue weighted by Crippen LogP contribution is -2.63. The Kier molecular flexibility index (Phi) is 6.65. The molecule has 31 heavy (non-hydrogen) atoms. The van der Waals surface area contributed by atoms with Gasteiger partial charge < -0.3 is 24.8 Å². The smallest absolute Gasteiger partial charge is 0.408 e. The molecule has 1 saturated carbocycles. The van der Waals surface area contributed by atoms with Gasteiger partial charge in [0.2, 0.25) is 5.91 Å². The van der Waals surface area contributed by atoms with Crippen LogP contribution in [0.2, 0.25) is 0 Å². The zero-order chi connectivity index (χ0) is 23.9. The van der Waals surface area contributed by atoms with Crippen molar-refractivity contribution in [2.24, 2.45) is 17.8 Å². The molecule has 5 atom stereocenters. The van der Waals surface area contributed by atoms with Gasteiger partial charge in [0.25, 0.3) is 0 Å². The van der Waals surface area contributed by atoms with Gasteiger partial charge in [-0.15, -0.1) is 0 Å². The van der Waals surface area contributed by atoms with Crippen molar-refractivity contribution in [1.82, 2.24) is 10.6 Å². The first-order valence-corrected chi connectivity index (χ1v) is 11.5. The number of rotatable bonds is 6. The van der Waals surface area contributed by atoms with Crippen LogP contribution in [0.25, 0.3) is 0 Å². The van der Waals surface area contributed by atoms with Gasteiger partial charge in [0.15, 0.2) is 15.4 Å². The van der Waals surface area contributed by atoms with E-state index in [0.717, 1.165) is 14.2 Å². The van der Waals surface area contributed by atoms with E-state index in [9.17, 15) is 27.6 Å². The second-order valence-electron chi connectivity index (χ2n) is 9.17. The maximum atomic E-state index is 13.1. The Morgan fingerprint density at radius 2 is 1.65 bits per heavy atom. The molecule has 1 aliphatic carbocycles. The average molecular weight is 463 g/mol. The average Bonchev–Trinajstić information content (AvgIpc) is 3.34. The van der Waals surface area contributed by atoms with E-state index < -0.39 is 79.7 Å². The molecule has 0 aromatic carbocycles. The second kappa shape index (κ2) is 8.29. The van der Waals surface area contributed by atoms with E-state index in [1.54, 1.807) is 34.6 Å². The first kappa shape index (κ1) is 24.9. The minimum absolute atomic E-state index is 0.424. The maximum Gasteiger partial charge on any atom is 0.408 e. The summed E-state index contributed by atoms with van der Waals surface area (Å²) in [5.41, 5.74) is -2.76. The number of amides is 2. The Balaban J connectivity index is 2.34. The van der Waals surface area contributed by atoms with Crippen molar-refractivity contribution in [3.63, 3.8) is 0 Å². The zero-order valence-corrected chi connectivity index (χ0v) is 19.5. The Labute approximate surface area is 181 Å². The molecule has 0 radical (unpaired) electrons. The van der Waals surface area contributed by atoms with Crippen molar-refractivity contribution in [3.8, 4) is 0 Å². The summed E-state index contributed by atoms with van der Waals surface area (Å²) in [4.78, 5) is 50.0. The fourth-order valence-corrected chi connectivity index (χ4v) is 6.75. The lowest BCUT2D eigenvalue weighted by molar-refractivity contribution is -0.152. The third kappa shape index (κ3) is 4.78. The highest BCUT2D eigenvalue weighted by molar-refractivity contribution is 7.92. The van der Waals surface area contributed by atoms with Gasteiger partial charge in [-0.25, -0.2) is 18.0 Å². The van der Waals surface area contributed by atoms with Crippen LogP contribution in [0.15, 0.2) is 0 Å². The van der Waals surface area contributed by atoms with Crippen LogP contribution in [-0.2, 0) is 38.4 Å². The van der Waals surface area contributed by atoms with Crippen molar-refractivity contribution in [1.29, 1.82) is 0 Å². The molecular formula is C19H30N2O9S. The lowest BCUT2D eigenvalue weighted by Gasteiger charge is -2.32. The summed E-state index contributed by atoms with van der Waals surface area (Å²) in [7, 11) is -1.71. The molecule has 0 spiro atoms. The highest BCUT2D eigenvalue weighted by Crippen LogP contribution is 2.58. The highest BCUT2D eigenvalue weighted by atomic mass is 32.2. The van der Waals surface area contributed by atoms with E-state index in [2.05, 4.69) is 15.4 Å². The van der Waals surface area contributed by atoms with Crippen LogP contribution in [0.1, 0.15) is 34.6 Å². The van der Waals surface area contributed by atoms with Crippen molar-refractivity contribution in [3.05, 3.63) is 0 Å². The monoisotopic (exact) mass is 462 g/mol. The van der Waals surface area contributed by atoms with E-state index in [0.29, 0.717) is 0 Å². The minimum atomic E-state index is -3.88. The van der Waals surface area contributed by atoms with E-state index >= 15 is 0 Å². The molecule has 2 fully saturated rings. The van der Waals surface area contributed by atoms with Gasteiger partial charge in [-0.05, 0) is 26.7 Å². The summed E-state index contributed by atoms with van der Waals surface area (Å²) in [6.45, 7) is 8.30. The number of esters is 2. The number of nitrogens with one attached hydrogen (secondary N) is 2. The summed E-state index contributed by atoms with van der Waals surface area (Å²) in [5.74, 6) is -5.80. The van der Waals surface area contributed by atoms with Gasteiger partial charge >= 0.3 is 18.0 Å². The van der Waals surface area contributed by atoms with Crippen LogP contribution >= 0.6 is 0 Å². The third-order valence-electron chi connectivity index (χ3n) is 5.36. The number of ether oxygens (including phenoxy) is 3. The number of alkyl carbamates (subject to hydrolysis) is 1. The number of fused-ring (bicyclic) bond motifs is 1. The zero-order valence-electron chi connectivity index (χ0n) is 18.7. The quantitative estimate of drug-likeness (QED) is 0.403. The summed E-state index contributed by atoms with van der Waals surface area (Å²) < 4.78 is 39.9. The van der Waals surface area contributed by atoms with E-state index in [1.807, 2.05) is 0 Å². The number of carbonyl (C=O) groups excluding carboxylic acids is 4. The lowest BCUT2D eigenvalue weighted by atomic mass is 9.92. The predicted molar refractivity (Wildman–Crippen MR) is 107 cm³/mol. The molecule has 0 aromatic heterocycles. The Bertz CT molecular complexity index is 877. The Morgan fingerprint density at radius 1 is 1.06 bits per heavy atom. The number of sulfone groups is 1. The van der Waals surface area contributed by atoms with Crippen LogP contribution in [0, 0.1) is 17.8 Å². The molecule has 1 heterocycles. The van der Waals surface area contributed by atoms with Gasteiger partial charge in [-0.1, -0.05) is 13.8 Å². The van der Waals surface area contributed by atoms with Gasteiger partial charge in [0.1, 0.15) is 11.6 Å². The van der Waals surface area contributed by atoms with Gasteiger partial charge in [-0.2, -0.15) is 0 Å². The number of carbonyl (C=O) groups is 4. The topological polar surface area (TPSA) is 154 Å². The fraction of sp³-hybridized carbons (Fsp3) is 0.789. The van der Waals surface area contributed by atoms with Crippen LogP contribution in [0.3, 0.4) is 0 Å². The van der Waals surface area contributed by atoms with Crippen molar-refractivity contribution >= 4 is 33.8 Å². The molecule has 2 rings (SSSR count). The standard InChI is InChI=1S/C19H30N2O9S/c1-9(2)12(20-17(25)30-18(3,4)5)14(22)21-19(16(24)29-7)8-31(26,27)13-10(11(13)19)15(23)28-6/h9-13H,8H2,1-7H3,(H,20,25)(H,21,22)/t10-,11-,12+,13+,19+/m1/s1. The largest absolute Gasteiger partial charge is 0.469 e. The molecule has 11 nitrogen and oxygen atoms in total. The summed E-state index contributed by atoms with van der Waals surface area (Å²) >= 11 is 0. The second-order valence-corrected chi connectivity index (χ2v) is 11.3. The van der Waals surface area contributed by atoms with Gasteiger partial charge in [0.05, 0.1) is 31.1 Å². The van der Waals surface area contributed by atoms with Crippen LogP contribution in [-0.4, -0.2) is 74.8 Å². The molecule has 2 N–H and O–H groups in total. The first-order valence-electron chi connectivity index (χ1n) is 9.80. The predicted octanol–water partition coefficient (Wildman–Crippen LogP) is -0.220. The molecule has 176 valence electrons. The molecule has 0 bridgehead atoms. The van der Waals surface area contributed by atoms with E-state index in [4.69, 9.17) is 9.47 Å². The van der Waals surface area contributed by atoms with Crippen LogP contribution in [0.5, 0.6) is 0 Å². The number of hydrogen-bond acceptors (Lipinski definition) is 9. The molecule has 2 aliphatic rings. The highest BCUT2D eigenvalue weighted by Gasteiger charge is 2.79. The molecular weight excluding hydrogens is 432 g/mol. The summed E-state index contributed by atoms with van der Waals surface area (Å²) in [6, 6.07) is -1.13. The molecule has 1 saturated heterocycles. The van der Waals surface area contributed by atoms with Gasteiger partial charge in [-0.3, -0.25) is 9.59 Å².